The van der Waals surface area contributed by atoms with Gasteiger partial charge in [0.1, 0.15) is 0 Å². The van der Waals surface area contributed by atoms with E-state index in [1.807, 2.05) is 36.8 Å². The summed E-state index contributed by atoms with van der Waals surface area (Å²) in [5, 5.41) is 7.79. The Morgan fingerprint density at radius 1 is 1.28 bits per heavy atom. The number of nitrogens with zero attached hydrogens (tertiary/aromatic N) is 4. The molecule has 0 bridgehead atoms. The Hall–Kier alpha value is -1.62. The maximum absolute atomic E-state index is 12.4. The Balaban J connectivity index is 0.00000420. The highest BCUT2D eigenvalue weighted by Gasteiger charge is 2.16. The van der Waals surface area contributed by atoms with E-state index in [4.69, 9.17) is 0 Å². The molecule has 0 aliphatic heterocycles. The highest BCUT2D eigenvalue weighted by Crippen LogP contribution is 2.18. The Morgan fingerprint density at radius 3 is 2.52 bits per heavy atom. The fourth-order valence-electron chi connectivity index (χ4n) is 2.98. The molecule has 0 radical (unpaired) electrons. The Morgan fingerprint density at radius 2 is 1.93 bits per heavy atom. The normalized spacial score (nSPS) is 12.0. The number of rotatable bonds is 8. The minimum atomic E-state index is -3.34. The van der Waals surface area contributed by atoms with Crippen LogP contribution in [0.5, 0.6) is 0 Å². The summed E-state index contributed by atoms with van der Waals surface area (Å²) in [6, 6.07) is 8.50. The van der Waals surface area contributed by atoms with Gasteiger partial charge < -0.3 is 10.2 Å². The third kappa shape index (κ3) is 7.29. The number of halogens is 1. The summed E-state index contributed by atoms with van der Waals surface area (Å²) in [7, 11) is 0.532. The lowest BCUT2D eigenvalue weighted by Gasteiger charge is -2.22. The summed E-state index contributed by atoms with van der Waals surface area (Å²) in [5.74, 6) is 0.994. The topological polar surface area (TPSA) is 79.6 Å². The van der Waals surface area contributed by atoms with Crippen LogP contribution in [0.3, 0.4) is 0 Å². The van der Waals surface area contributed by atoms with E-state index in [2.05, 4.69) is 29.3 Å². The van der Waals surface area contributed by atoms with Gasteiger partial charge in [-0.1, -0.05) is 32.0 Å². The van der Waals surface area contributed by atoms with Crippen molar-refractivity contribution in [3.63, 3.8) is 0 Å². The van der Waals surface area contributed by atoms with E-state index in [1.165, 1.54) is 0 Å². The Labute approximate surface area is 191 Å². The van der Waals surface area contributed by atoms with E-state index in [-0.39, 0.29) is 36.3 Å². The van der Waals surface area contributed by atoms with E-state index in [0.29, 0.717) is 29.9 Å². The molecular weight excluding hydrogens is 501 g/mol. The summed E-state index contributed by atoms with van der Waals surface area (Å²) in [4.78, 5) is 6.86. The molecule has 0 fully saturated rings. The summed E-state index contributed by atoms with van der Waals surface area (Å²) in [6.45, 7) is 7.80. The maximum atomic E-state index is 12.4. The number of hydrogen-bond donors (Lipinski definition) is 1. The van der Waals surface area contributed by atoms with Crippen molar-refractivity contribution in [2.45, 2.75) is 38.1 Å². The third-order valence-electron chi connectivity index (χ3n) is 4.31. The summed E-state index contributed by atoms with van der Waals surface area (Å²) in [5.41, 5.74) is 2.21. The van der Waals surface area contributed by atoms with Crippen LogP contribution in [0.15, 0.2) is 46.4 Å². The number of guanidine groups is 1. The molecule has 1 aromatic heterocycles. The van der Waals surface area contributed by atoms with Gasteiger partial charge >= 0.3 is 0 Å². The molecule has 1 aromatic carbocycles. The SMILES string of the molecule is CCNC(=NCCS(=O)(=O)c1ccccc1)N(C)Cc1cn(C)nc1C(C)C.I. The van der Waals surface area contributed by atoms with Crippen LogP contribution < -0.4 is 5.32 Å². The lowest BCUT2D eigenvalue weighted by molar-refractivity contribution is 0.474. The summed E-state index contributed by atoms with van der Waals surface area (Å²) in [6.07, 6.45) is 2.02. The average Bonchev–Trinajstić information content (AvgIpc) is 3.02. The van der Waals surface area contributed by atoms with Crippen molar-refractivity contribution in [2.24, 2.45) is 12.0 Å². The van der Waals surface area contributed by atoms with Crippen molar-refractivity contribution < 1.29 is 8.42 Å². The van der Waals surface area contributed by atoms with E-state index in [1.54, 1.807) is 30.3 Å². The smallest absolute Gasteiger partial charge is 0.193 e. The summed E-state index contributed by atoms with van der Waals surface area (Å²) < 4.78 is 26.7. The second-order valence-electron chi connectivity index (χ2n) is 7.09. The lowest BCUT2D eigenvalue weighted by atomic mass is 10.1. The monoisotopic (exact) mass is 533 g/mol. The molecule has 0 aliphatic rings. The zero-order chi connectivity index (χ0) is 20.7. The van der Waals surface area contributed by atoms with E-state index >= 15 is 0 Å². The predicted octanol–water partition coefficient (Wildman–Crippen LogP) is 3.03. The van der Waals surface area contributed by atoms with Crippen molar-refractivity contribution in [3.05, 3.63) is 47.8 Å². The second-order valence-corrected chi connectivity index (χ2v) is 9.20. The van der Waals surface area contributed by atoms with Crippen molar-refractivity contribution in [2.75, 3.05) is 25.9 Å². The molecule has 0 atom stereocenters. The van der Waals surface area contributed by atoms with Gasteiger partial charge in [-0.2, -0.15) is 5.10 Å². The van der Waals surface area contributed by atoms with Crippen LogP contribution in [-0.2, 0) is 23.4 Å². The molecular formula is C20H32IN5O2S. The zero-order valence-electron chi connectivity index (χ0n) is 17.8. The standard InChI is InChI=1S/C20H31N5O2S.HI/c1-6-21-20(22-12-13-28(26,27)18-10-8-7-9-11-18)24(4)14-17-15-25(5)23-19(17)16(2)3;/h7-11,15-16H,6,12-14H2,1-5H3,(H,21,22);1H. The molecule has 162 valence electrons. The number of sulfone groups is 1. The Kier molecular flexibility index (Phi) is 10.1. The first-order chi connectivity index (χ1) is 13.2. The number of nitrogens with one attached hydrogen (secondary N) is 1. The van der Waals surface area contributed by atoms with Gasteiger partial charge in [0, 0.05) is 38.9 Å². The van der Waals surface area contributed by atoms with E-state index in [9.17, 15) is 8.42 Å². The lowest BCUT2D eigenvalue weighted by Crippen LogP contribution is -2.39. The van der Waals surface area contributed by atoms with Gasteiger partial charge in [0.25, 0.3) is 0 Å². The average molecular weight is 533 g/mol. The molecule has 1 heterocycles. The van der Waals surface area contributed by atoms with Crippen LogP contribution in [0.1, 0.15) is 37.9 Å². The molecule has 0 amide bonds. The van der Waals surface area contributed by atoms with Gasteiger partial charge in [-0.05, 0) is 25.0 Å². The minimum absolute atomic E-state index is 0. The minimum Gasteiger partial charge on any atom is -0.357 e. The molecule has 7 nitrogen and oxygen atoms in total. The molecule has 0 saturated heterocycles. The molecule has 9 heteroatoms. The first-order valence-electron chi connectivity index (χ1n) is 9.54. The van der Waals surface area contributed by atoms with E-state index in [0.717, 1.165) is 11.3 Å². The fourth-order valence-corrected chi connectivity index (χ4v) is 4.12. The number of aryl methyl sites for hydroxylation is 1. The van der Waals surface area contributed by atoms with Gasteiger partial charge in [-0.15, -0.1) is 24.0 Å². The first-order valence-corrected chi connectivity index (χ1v) is 11.2. The maximum Gasteiger partial charge on any atom is 0.193 e. The number of aromatic nitrogens is 2. The second kappa shape index (κ2) is 11.5. The quantitative estimate of drug-likeness (QED) is 0.321. The molecule has 2 aromatic rings. The summed E-state index contributed by atoms with van der Waals surface area (Å²) >= 11 is 0. The van der Waals surface area contributed by atoms with Crippen molar-refractivity contribution in [1.82, 2.24) is 20.0 Å². The molecule has 0 spiro atoms. The van der Waals surface area contributed by atoms with Crippen molar-refractivity contribution in [3.8, 4) is 0 Å². The number of hydrogen-bond acceptors (Lipinski definition) is 4. The van der Waals surface area contributed by atoms with Gasteiger partial charge in [-0.3, -0.25) is 9.67 Å². The fraction of sp³-hybridized carbons (Fsp3) is 0.500. The van der Waals surface area contributed by atoms with Crippen molar-refractivity contribution >= 4 is 39.8 Å². The van der Waals surface area contributed by atoms with Gasteiger partial charge in [0.2, 0.25) is 0 Å². The first kappa shape index (κ1) is 25.4. The van der Waals surface area contributed by atoms with Crippen LogP contribution in [0.4, 0.5) is 0 Å². The molecule has 0 aliphatic carbocycles. The number of benzene rings is 1. The zero-order valence-corrected chi connectivity index (χ0v) is 20.9. The molecule has 29 heavy (non-hydrogen) atoms. The third-order valence-corrected chi connectivity index (χ3v) is 6.02. The highest BCUT2D eigenvalue weighted by atomic mass is 127. The Bertz CT molecular complexity index is 895. The van der Waals surface area contributed by atoms with Crippen LogP contribution in [0.2, 0.25) is 0 Å². The highest BCUT2D eigenvalue weighted by molar-refractivity contribution is 14.0. The van der Waals surface area contributed by atoms with Gasteiger partial charge in [0.05, 0.1) is 22.9 Å². The van der Waals surface area contributed by atoms with Crippen LogP contribution in [0.25, 0.3) is 0 Å². The van der Waals surface area contributed by atoms with Gasteiger partial charge in [-0.25, -0.2) is 8.42 Å². The van der Waals surface area contributed by atoms with Crippen LogP contribution >= 0.6 is 24.0 Å². The molecule has 1 N–H and O–H groups in total. The largest absolute Gasteiger partial charge is 0.357 e. The van der Waals surface area contributed by atoms with E-state index < -0.39 is 9.84 Å². The molecule has 2 rings (SSSR count). The predicted molar refractivity (Wildman–Crippen MR) is 129 cm³/mol. The van der Waals surface area contributed by atoms with Crippen LogP contribution in [-0.4, -0.2) is 54.9 Å². The number of aliphatic imine (C=N–C) groups is 1. The molecule has 0 saturated carbocycles. The van der Waals surface area contributed by atoms with Gasteiger partial charge in [0.15, 0.2) is 15.8 Å². The van der Waals surface area contributed by atoms with Crippen molar-refractivity contribution in [1.29, 1.82) is 0 Å². The molecule has 0 unspecified atom stereocenters. The van der Waals surface area contributed by atoms with Crippen LogP contribution in [0, 0.1) is 0 Å².